The Morgan fingerprint density at radius 3 is 2.24 bits per heavy atom. The van der Waals surface area contributed by atoms with Crippen LogP contribution in [0.2, 0.25) is 0 Å². The maximum atomic E-state index is 14.2. The number of anilines is 2. The largest absolute Gasteiger partial charge is 0.343 e. The predicted octanol–water partition coefficient (Wildman–Crippen LogP) is 6.13. The van der Waals surface area contributed by atoms with Crippen LogP contribution in [0.4, 0.5) is 24.5 Å². The normalized spacial score (nSPS) is 18.0. The maximum Gasteiger partial charge on any atom is 0.264 e. The zero-order valence-electron chi connectivity index (χ0n) is 23.5. The van der Waals surface area contributed by atoms with Crippen molar-refractivity contribution in [3.63, 3.8) is 0 Å². The number of piperidine rings is 1. The van der Waals surface area contributed by atoms with Crippen LogP contribution in [0.25, 0.3) is 0 Å². The van der Waals surface area contributed by atoms with Gasteiger partial charge in [-0.2, -0.15) is 0 Å². The third-order valence-electron chi connectivity index (χ3n) is 8.35. The van der Waals surface area contributed by atoms with Gasteiger partial charge in [0.1, 0.15) is 5.82 Å². The summed E-state index contributed by atoms with van der Waals surface area (Å²) in [7, 11) is -4.13. The van der Waals surface area contributed by atoms with Crippen molar-refractivity contribution >= 4 is 33.2 Å². The number of hydrogen-bond acceptors (Lipinski definition) is 4. The lowest BCUT2D eigenvalue weighted by molar-refractivity contribution is -0.130. The standard InChI is InChI=1S/C31H32F3N3O4S/c1-19(2)28-31(13-15-36(16-14-31)20(3)38)26-18-24(35-30(39)22-6-4-5-21(17-22)29(33)34)9-12-27(26)37(28)42(40,41)25-10-7-23(32)8-11-25/h4-12,17-19,28-29H,13-16H2,1-3H3,(H,35,39). The van der Waals surface area contributed by atoms with Crippen molar-refractivity contribution in [3.05, 3.63) is 89.2 Å². The molecule has 2 heterocycles. The third-order valence-corrected chi connectivity index (χ3v) is 10.2. The lowest BCUT2D eigenvalue weighted by atomic mass is 9.66. The summed E-state index contributed by atoms with van der Waals surface area (Å²) in [5, 5.41) is 2.78. The molecule has 0 aromatic heterocycles. The molecule has 3 aromatic carbocycles. The van der Waals surface area contributed by atoms with Crippen molar-refractivity contribution < 1.29 is 31.2 Å². The van der Waals surface area contributed by atoms with Crippen molar-refractivity contribution in [3.8, 4) is 0 Å². The summed E-state index contributed by atoms with van der Waals surface area (Å²) in [4.78, 5) is 26.9. The van der Waals surface area contributed by atoms with Gasteiger partial charge in [0.2, 0.25) is 5.91 Å². The highest BCUT2D eigenvalue weighted by molar-refractivity contribution is 7.92. The second-order valence-corrected chi connectivity index (χ2v) is 13.0. The maximum absolute atomic E-state index is 14.2. The van der Waals surface area contributed by atoms with Crippen LogP contribution in [0, 0.1) is 11.7 Å². The van der Waals surface area contributed by atoms with Crippen molar-refractivity contribution in [1.82, 2.24) is 4.90 Å². The molecule has 2 aliphatic rings. The fraction of sp³-hybridized carbons (Fsp3) is 0.355. The SMILES string of the molecule is CC(=O)N1CCC2(CC1)c1cc(NC(=O)c3cccc(C(F)F)c3)ccc1N(S(=O)(=O)c1ccc(F)cc1)C2C(C)C. The van der Waals surface area contributed by atoms with Crippen LogP contribution in [0.1, 0.15) is 61.5 Å². The average Bonchev–Trinajstić information content (AvgIpc) is 3.23. The van der Waals surface area contributed by atoms with E-state index in [1.807, 2.05) is 13.8 Å². The molecule has 42 heavy (non-hydrogen) atoms. The van der Waals surface area contributed by atoms with Crippen LogP contribution < -0.4 is 9.62 Å². The number of nitrogens with zero attached hydrogens (tertiary/aromatic N) is 2. The summed E-state index contributed by atoms with van der Waals surface area (Å²) in [5.41, 5.74) is 0.672. The summed E-state index contributed by atoms with van der Waals surface area (Å²) in [6.07, 6.45) is -1.74. The Kier molecular flexibility index (Phi) is 7.82. The first-order chi connectivity index (χ1) is 19.8. The fourth-order valence-corrected chi connectivity index (χ4v) is 8.32. The van der Waals surface area contributed by atoms with Crippen LogP contribution >= 0.6 is 0 Å². The first kappa shape index (κ1) is 29.6. The van der Waals surface area contributed by atoms with Crippen molar-refractivity contribution in [1.29, 1.82) is 0 Å². The first-order valence-electron chi connectivity index (χ1n) is 13.7. The number of amides is 2. The molecule has 2 aliphatic heterocycles. The van der Waals surface area contributed by atoms with Crippen LogP contribution in [0.15, 0.2) is 71.6 Å². The van der Waals surface area contributed by atoms with Gasteiger partial charge >= 0.3 is 0 Å². The highest BCUT2D eigenvalue weighted by atomic mass is 32.2. The van der Waals surface area contributed by atoms with E-state index in [0.717, 1.165) is 18.2 Å². The van der Waals surface area contributed by atoms with Gasteiger partial charge in [-0.15, -0.1) is 0 Å². The van der Waals surface area contributed by atoms with Gasteiger partial charge in [-0.1, -0.05) is 26.0 Å². The van der Waals surface area contributed by atoms with E-state index in [1.165, 1.54) is 41.6 Å². The van der Waals surface area contributed by atoms with E-state index in [9.17, 15) is 31.2 Å². The van der Waals surface area contributed by atoms with Crippen molar-refractivity contribution in [2.24, 2.45) is 5.92 Å². The summed E-state index contributed by atoms with van der Waals surface area (Å²) in [6, 6.07) is 14.4. The zero-order chi connectivity index (χ0) is 30.4. The molecule has 1 unspecified atom stereocenters. The fourth-order valence-electron chi connectivity index (χ4n) is 6.45. The highest BCUT2D eigenvalue weighted by Gasteiger charge is 2.56. The van der Waals surface area contributed by atoms with Gasteiger partial charge in [-0.25, -0.2) is 21.6 Å². The summed E-state index contributed by atoms with van der Waals surface area (Å²) in [6.45, 7) is 6.25. The van der Waals surface area contributed by atoms with E-state index in [2.05, 4.69) is 5.32 Å². The van der Waals surface area contributed by atoms with E-state index < -0.39 is 39.6 Å². The number of carbonyl (C=O) groups excluding carboxylic acids is 2. The van der Waals surface area contributed by atoms with Gasteiger partial charge in [0.15, 0.2) is 0 Å². The average molecular weight is 600 g/mol. The topological polar surface area (TPSA) is 86.8 Å². The Balaban J connectivity index is 1.60. The molecule has 3 aromatic rings. The molecule has 1 atom stereocenters. The number of halogens is 3. The Morgan fingerprint density at radius 1 is 0.976 bits per heavy atom. The zero-order valence-corrected chi connectivity index (χ0v) is 24.3. The molecule has 0 aliphatic carbocycles. The van der Waals surface area contributed by atoms with E-state index in [1.54, 1.807) is 23.1 Å². The van der Waals surface area contributed by atoms with Crippen LogP contribution in [0.5, 0.6) is 0 Å². The predicted molar refractivity (Wildman–Crippen MR) is 154 cm³/mol. The second kappa shape index (κ2) is 11.1. The summed E-state index contributed by atoms with van der Waals surface area (Å²) < 4.78 is 69.9. The van der Waals surface area contributed by atoms with E-state index in [-0.39, 0.29) is 27.8 Å². The number of alkyl halides is 2. The number of fused-ring (bicyclic) bond motifs is 2. The van der Waals surface area contributed by atoms with E-state index in [0.29, 0.717) is 42.9 Å². The molecule has 0 saturated carbocycles. The number of hydrogen-bond donors (Lipinski definition) is 1. The van der Waals surface area contributed by atoms with Crippen molar-refractivity contribution in [2.75, 3.05) is 22.7 Å². The molecule has 2 amide bonds. The molecule has 1 saturated heterocycles. The Labute approximate surface area is 243 Å². The summed E-state index contributed by atoms with van der Waals surface area (Å²) in [5.74, 6) is -1.34. The van der Waals surface area contributed by atoms with Crippen LogP contribution in [0.3, 0.4) is 0 Å². The molecular weight excluding hydrogens is 567 g/mol. The monoisotopic (exact) mass is 599 g/mol. The molecule has 1 N–H and O–H groups in total. The molecule has 222 valence electrons. The Hall–Kier alpha value is -3.86. The highest BCUT2D eigenvalue weighted by Crippen LogP contribution is 2.55. The number of carbonyl (C=O) groups is 2. The number of nitrogens with one attached hydrogen (secondary N) is 1. The van der Waals surface area contributed by atoms with Crippen LogP contribution in [-0.2, 0) is 20.2 Å². The van der Waals surface area contributed by atoms with Gasteiger partial charge in [-0.05, 0) is 78.9 Å². The van der Waals surface area contributed by atoms with E-state index in [4.69, 9.17) is 0 Å². The molecule has 1 fully saturated rings. The van der Waals surface area contributed by atoms with Crippen molar-refractivity contribution in [2.45, 2.75) is 56.4 Å². The molecule has 5 rings (SSSR count). The molecular formula is C31H32F3N3O4S. The number of benzene rings is 3. The minimum absolute atomic E-state index is 0.0463. The molecule has 7 nitrogen and oxygen atoms in total. The smallest absolute Gasteiger partial charge is 0.264 e. The van der Waals surface area contributed by atoms with E-state index >= 15 is 0 Å². The molecule has 0 bridgehead atoms. The summed E-state index contributed by atoms with van der Waals surface area (Å²) >= 11 is 0. The van der Waals surface area contributed by atoms with Gasteiger partial charge in [0.05, 0.1) is 16.6 Å². The van der Waals surface area contributed by atoms with Gasteiger partial charge in [-0.3, -0.25) is 13.9 Å². The minimum atomic E-state index is -4.13. The Morgan fingerprint density at radius 2 is 1.64 bits per heavy atom. The number of sulfonamides is 1. The number of likely N-dealkylation sites (tertiary alicyclic amines) is 1. The number of rotatable bonds is 6. The molecule has 1 spiro atoms. The molecule has 11 heteroatoms. The van der Waals surface area contributed by atoms with Gasteiger partial charge in [0.25, 0.3) is 22.4 Å². The van der Waals surface area contributed by atoms with Crippen LogP contribution in [-0.4, -0.2) is 44.3 Å². The van der Waals surface area contributed by atoms with Gasteiger partial charge in [0, 0.05) is 42.2 Å². The second-order valence-electron chi connectivity index (χ2n) is 11.2. The lowest BCUT2D eigenvalue weighted by Gasteiger charge is -2.46. The quantitative estimate of drug-likeness (QED) is 0.370. The molecule has 0 radical (unpaired) electrons. The van der Waals surface area contributed by atoms with Gasteiger partial charge < -0.3 is 10.2 Å². The Bertz CT molecular complexity index is 1620. The lowest BCUT2D eigenvalue weighted by Crippen LogP contribution is -2.55. The first-order valence-corrected chi connectivity index (χ1v) is 15.2. The third kappa shape index (κ3) is 5.14. The minimum Gasteiger partial charge on any atom is -0.343 e.